The van der Waals surface area contributed by atoms with E-state index in [1.54, 1.807) is 30.3 Å². The molecule has 0 N–H and O–H groups in total. The molecule has 3 rings (SSSR count). The summed E-state index contributed by atoms with van der Waals surface area (Å²) >= 11 is 0. The third-order valence-electron chi connectivity index (χ3n) is 4.70. The summed E-state index contributed by atoms with van der Waals surface area (Å²) in [4.78, 5) is 51.0. The third-order valence-corrected chi connectivity index (χ3v) is 4.70. The molecule has 132 valence electrons. The van der Waals surface area contributed by atoms with Gasteiger partial charge < -0.3 is 14.4 Å². The highest BCUT2D eigenvalue weighted by molar-refractivity contribution is 5.97. The number of amides is 2. The molecule has 7 nitrogen and oxygen atoms in total. The smallest absolute Gasteiger partial charge is 0.372 e. The fourth-order valence-corrected chi connectivity index (χ4v) is 3.41. The van der Waals surface area contributed by atoms with Crippen molar-refractivity contribution in [2.75, 3.05) is 13.1 Å². The minimum atomic E-state index is -0.813. The first-order valence-electron chi connectivity index (χ1n) is 8.45. The van der Waals surface area contributed by atoms with Gasteiger partial charge in [-0.15, -0.1) is 0 Å². The highest BCUT2D eigenvalue weighted by atomic mass is 16.6. The van der Waals surface area contributed by atoms with Crippen LogP contribution in [-0.4, -0.2) is 59.2 Å². The van der Waals surface area contributed by atoms with E-state index in [0.717, 1.165) is 12.7 Å². The van der Waals surface area contributed by atoms with Crippen molar-refractivity contribution in [2.45, 2.75) is 37.8 Å². The van der Waals surface area contributed by atoms with Gasteiger partial charge >= 0.3 is 12.1 Å². The first-order valence-corrected chi connectivity index (χ1v) is 8.45. The quantitative estimate of drug-likeness (QED) is 0.473. The largest absolute Gasteiger partial charge is 0.418 e. The number of rotatable bonds is 3. The maximum Gasteiger partial charge on any atom is 0.418 e. The molecule has 2 heterocycles. The molecule has 0 aromatic heterocycles. The van der Waals surface area contributed by atoms with Gasteiger partial charge in [0.1, 0.15) is 12.3 Å². The number of ether oxygens (including phenoxy) is 1. The lowest BCUT2D eigenvalue weighted by molar-refractivity contribution is -0.138. The highest BCUT2D eigenvalue weighted by Crippen LogP contribution is 2.24. The van der Waals surface area contributed by atoms with Crippen LogP contribution < -0.4 is 0 Å². The van der Waals surface area contributed by atoms with Crippen LogP contribution in [0.1, 0.15) is 36.0 Å². The number of carbonyl (C=O) groups is 4. The molecule has 0 unspecified atom stereocenters. The third kappa shape index (κ3) is 3.55. The lowest BCUT2D eigenvalue weighted by Gasteiger charge is -2.28. The summed E-state index contributed by atoms with van der Waals surface area (Å²) in [7, 11) is 0. The van der Waals surface area contributed by atoms with Crippen LogP contribution in [-0.2, 0) is 14.3 Å². The summed E-state index contributed by atoms with van der Waals surface area (Å²) < 4.78 is 4.92. The van der Waals surface area contributed by atoms with E-state index in [0.29, 0.717) is 32.4 Å². The van der Waals surface area contributed by atoms with Crippen LogP contribution in [0, 0.1) is 0 Å². The van der Waals surface area contributed by atoms with Gasteiger partial charge in [-0.1, -0.05) is 18.2 Å². The van der Waals surface area contributed by atoms with E-state index in [-0.39, 0.29) is 11.5 Å². The molecule has 2 saturated heterocycles. The number of hydrogen-bond acceptors (Lipinski definition) is 5. The lowest BCUT2D eigenvalue weighted by atomic mass is 10.1. The first-order chi connectivity index (χ1) is 12.1. The molecule has 2 atom stereocenters. The van der Waals surface area contributed by atoms with Crippen LogP contribution in [0.5, 0.6) is 0 Å². The number of aldehydes is 1. The fraction of sp³-hybridized carbons (Fsp3) is 0.444. The van der Waals surface area contributed by atoms with Gasteiger partial charge in [-0.05, 0) is 37.8 Å². The normalized spacial score (nSPS) is 22.7. The van der Waals surface area contributed by atoms with Crippen molar-refractivity contribution in [2.24, 2.45) is 0 Å². The Morgan fingerprint density at radius 1 is 1.00 bits per heavy atom. The van der Waals surface area contributed by atoms with Crippen molar-refractivity contribution in [3.05, 3.63) is 35.9 Å². The second-order valence-electron chi connectivity index (χ2n) is 6.25. The summed E-state index contributed by atoms with van der Waals surface area (Å²) in [6, 6.07) is 7.13. The van der Waals surface area contributed by atoms with Crippen molar-refractivity contribution >= 4 is 24.3 Å². The number of likely N-dealkylation sites (tertiary alicyclic amines) is 2. The summed E-state index contributed by atoms with van der Waals surface area (Å²) in [6.45, 7) is 0.876. The number of benzene rings is 1. The zero-order valence-electron chi connectivity index (χ0n) is 13.8. The van der Waals surface area contributed by atoms with Gasteiger partial charge in [0.05, 0.1) is 11.6 Å². The predicted octanol–water partition coefficient (Wildman–Crippen LogP) is 1.62. The molecule has 0 bridgehead atoms. The molecule has 0 spiro atoms. The van der Waals surface area contributed by atoms with E-state index in [9.17, 15) is 19.2 Å². The van der Waals surface area contributed by atoms with Crippen molar-refractivity contribution < 1.29 is 23.9 Å². The van der Waals surface area contributed by atoms with E-state index < -0.39 is 24.1 Å². The van der Waals surface area contributed by atoms with Crippen LogP contribution in [0.3, 0.4) is 0 Å². The van der Waals surface area contributed by atoms with Crippen molar-refractivity contribution in [3.8, 4) is 0 Å². The van der Waals surface area contributed by atoms with E-state index in [4.69, 9.17) is 4.74 Å². The van der Waals surface area contributed by atoms with Crippen LogP contribution >= 0.6 is 0 Å². The summed E-state index contributed by atoms with van der Waals surface area (Å²) in [5.74, 6) is -0.980. The maximum atomic E-state index is 12.7. The zero-order valence-corrected chi connectivity index (χ0v) is 13.8. The minimum absolute atomic E-state index is 0.240. The minimum Gasteiger partial charge on any atom is -0.372 e. The monoisotopic (exact) mass is 344 g/mol. The highest BCUT2D eigenvalue weighted by Gasteiger charge is 2.41. The van der Waals surface area contributed by atoms with Crippen molar-refractivity contribution in [1.29, 1.82) is 0 Å². The molecule has 1 aromatic rings. The van der Waals surface area contributed by atoms with Gasteiger partial charge in [0.2, 0.25) is 5.91 Å². The summed E-state index contributed by atoms with van der Waals surface area (Å²) in [5, 5.41) is 0. The van der Waals surface area contributed by atoms with Gasteiger partial charge in [-0.25, -0.2) is 9.59 Å². The Kier molecular flexibility index (Phi) is 5.11. The Morgan fingerprint density at radius 2 is 1.68 bits per heavy atom. The van der Waals surface area contributed by atoms with Gasteiger partial charge in [0.15, 0.2) is 0 Å². The molecule has 2 aliphatic heterocycles. The van der Waals surface area contributed by atoms with Gasteiger partial charge in [-0.2, -0.15) is 0 Å². The van der Waals surface area contributed by atoms with E-state index in [1.807, 2.05) is 0 Å². The molecule has 2 aliphatic rings. The second kappa shape index (κ2) is 7.46. The maximum absolute atomic E-state index is 12.7. The fourth-order valence-electron chi connectivity index (χ4n) is 3.41. The van der Waals surface area contributed by atoms with E-state index in [1.165, 1.54) is 9.80 Å². The van der Waals surface area contributed by atoms with E-state index >= 15 is 0 Å². The Bertz CT molecular complexity index is 675. The molecule has 2 fully saturated rings. The molecular weight excluding hydrogens is 324 g/mol. The SMILES string of the molecule is O=C[C@@H]1CCCN1C(=O)[C@@H]1CCCN1C(=O)OC(=O)c1ccccc1. The molecule has 0 saturated carbocycles. The topological polar surface area (TPSA) is 84.0 Å². The lowest BCUT2D eigenvalue weighted by Crippen LogP contribution is -2.50. The van der Waals surface area contributed by atoms with Gasteiger partial charge in [0.25, 0.3) is 0 Å². The molecule has 25 heavy (non-hydrogen) atoms. The second-order valence-corrected chi connectivity index (χ2v) is 6.25. The molecular formula is C18H20N2O5. The summed E-state index contributed by atoms with van der Waals surface area (Å²) in [6.07, 6.45) is 2.56. The van der Waals surface area contributed by atoms with Crippen LogP contribution in [0.25, 0.3) is 0 Å². The first kappa shape index (κ1) is 17.1. The molecule has 7 heteroatoms. The van der Waals surface area contributed by atoms with Crippen LogP contribution in [0.15, 0.2) is 30.3 Å². The average Bonchev–Trinajstić information content (AvgIpc) is 3.30. The number of hydrogen-bond donors (Lipinski definition) is 0. The van der Waals surface area contributed by atoms with Crippen LogP contribution in [0.2, 0.25) is 0 Å². The Labute approximate surface area is 145 Å². The number of esters is 1. The molecule has 0 radical (unpaired) electrons. The van der Waals surface area contributed by atoms with E-state index in [2.05, 4.69) is 0 Å². The van der Waals surface area contributed by atoms with Gasteiger partial charge in [0, 0.05) is 13.1 Å². The van der Waals surface area contributed by atoms with Gasteiger partial charge in [-0.3, -0.25) is 9.69 Å². The number of carbonyl (C=O) groups excluding carboxylic acids is 4. The molecule has 1 aromatic carbocycles. The van der Waals surface area contributed by atoms with Crippen molar-refractivity contribution in [1.82, 2.24) is 9.80 Å². The Morgan fingerprint density at radius 3 is 2.40 bits per heavy atom. The summed E-state index contributed by atoms with van der Waals surface area (Å²) in [5.41, 5.74) is 0.276. The zero-order chi connectivity index (χ0) is 17.8. The average molecular weight is 344 g/mol. The standard InChI is InChI=1S/C18H20N2O5/c21-12-14-8-4-10-19(14)16(22)15-9-5-11-20(15)18(24)25-17(23)13-6-2-1-3-7-13/h1-3,6-7,12,14-15H,4-5,8-11H2/t14-,15-/m0/s1. The van der Waals surface area contributed by atoms with Crippen molar-refractivity contribution in [3.63, 3.8) is 0 Å². The Balaban J connectivity index is 1.66. The molecule has 0 aliphatic carbocycles. The van der Waals surface area contributed by atoms with Crippen LogP contribution in [0.4, 0.5) is 4.79 Å². The predicted molar refractivity (Wildman–Crippen MR) is 87.8 cm³/mol. The number of nitrogens with zero attached hydrogens (tertiary/aromatic N) is 2. The molecule has 2 amide bonds. The Hall–Kier alpha value is -2.70.